The third kappa shape index (κ3) is 4.02. The Kier molecular flexibility index (Phi) is 6.20. The fourth-order valence-electron chi connectivity index (χ4n) is 5.47. The van der Waals surface area contributed by atoms with Gasteiger partial charge in [0, 0.05) is 18.7 Å². The van der Waals surface area contributed by atoms with Crippen molar-refractivity contribution in [1.29, 1.82) is 0 Å². The predicted molar refractivity (Wildman–Crippen MR) is 115 cm³/mol. The van der Waals surface area contributed by atoms with Gasteiger partial charge in [0.25, 0.3) is 5.91 Å². The topological polar surface area (TPSA) is 55.8 Å². The third-order valence-corrected chi connectivity index (χ3v) is 6.74. The van der Waals surface area contributed by atoms with Gasteiger partial charge >= 0.3 is 0 Å². The molecule has 1 aliphatic carbocycles. The molecule has 0 bridgehead atoms. The van der Waals surface area contributed by atoms with Crippen molar-refractivity contribution in [2.45, 2.75) is 65.2 Å². The maximum absolute atomic E-state index is 14.8. The molecule has 1 aromatic carbocycles. The van der Waals surface area contributed by atoms with Gasteiger partial charge in [0.05, 0.1) is 23.6 Å². The first-order valence-corrected chi connectivity index (χ1v) is 11.4. The minimum Gasteiger partial charge on any atom is -0.483 e. The number of halogens is 1. The van der Waals surface area contributed by atoms with Gasteiger partial charge < -0.3 is 14.4 Å². The maximum atomic E-state index is 14.8. The van der Waals surface area contributed by atoms with Crippen LogP contribution in [-0.4, -0.2) is 41.9 Å². The molecule has 5 atom stereocenters. The van der Waals surface area contributed by atoms with Crippen molar-refractivity contribution in [2.75, 3.05) is 13.2 Å². The van der Waals surface area contributed by atoms with Gasteiger partial charge in [-0.05, 0) is 51.0 Å². The SMILES string of the molecule is CC1CC(C)C2C(=O)C3=C(OC2C1)C(=O)N(CCCOC(C)C)C3c1ccccc1F. The smallest absolute Gasteiger partial charge is 0.290 e. The van der Waals surface area contributed by atoms with Crippen LogP contribution in [0.5, 0.6) is 0 Å². The molecule has 168 valence electrons. The molecule has 0 N–H and O–H groups in total. The van der Waals surface area contributed by atoms with E-state index >= 15 is 0 Å². The number of amides is 1. The molecular weight excluding hydrogens is 397 g/mol. The van der Waals surface area contributed by atoms with E-state index in [1.54, 1.807) is 23.1 Å². The van der Waals surface area contributed by atoms with Crippen LogP contribution in [0.4, 0.5) is 4.39 Å². The van der Waals surface area contributed by atoms with Crippen molar-refractivity contribution in [3.8, 4) is 0 Å². The number of fused-ring (bicyclic) bond motifs is 1. The highest BCUT2D eigenvalue weighted by Gasteiger charge is 2.54. The fourth-order valence-corrected chi connectivity index (χ4v) is 5.47. The second kappa shape index (κ2) is 8.73. The molecule has 1 fully saturated rings. The number of rotatable bonds is 6. The number of carbonyl (C=O) groups excluding carboxylic acids is 2. The molecule has 4 rings (SSSR count). The molecule has 0 saturated heterocycles. The highest BCUT2D eigenvalue weighted by molar-refractivity contribution is 6.11. The molecular formula is C25H32FNO4. The molecule has 6 heteroatoms. The van der Waals surface area contributed by atoms with Crippen LogP contribution in [0.3, 0.4) is 0 Å². The second-order valence-electron chi connectivity index (χ2n) is 9.54. The number of hydrogen-bond donors (Lipinski definition) is 0. The highest BCUT2D eigenvalue weighted by atomic mass is 19.1. The molecule has 1 amide bonds. The lowest BCUT2D eigenvalue weighted by molar-refractivity contribution is -0.138. The molecule has 1 saturated carbocycles. The van der Waals surface area contributed by atoms with Gasteiger partial charge in [-0.3, -0.25) is 9.59 Å². The van der Waals surface area contributed by atoms with Gasteiger partial charge in [0.15, 0.2) is 11.5 Å². The van der Waals surface area contributed by atoms with Crippen LogP contribution in [0, 0.1) is 23.6 Å². The summed E-state index contributed by atoms with van der Waals surface area (Å²) in [6.07, 6.45) is 2.13. The zero-order chi connectivity index (χ0) is 22.3. The van der Waals surface area contributed by atoms with Gasteiger partial charge in [-0.15, -0.1) is 0 Å². The molecule has 5 unspecified atom stereocenters. The van der Waals surface area contributed by atoms with E-state index in [0.29, 0.717) is 36.6 Å². The van der Waals surface area contributed by atoms with Crippen LogP contribution in [-0.2, 0) is 19.1 Å². The Labute approximate surface area is 183 Å². The zero-order valence-electron chi connectivity index (χ0n) is 18.8. The number of carbonyl (C=O) groups is 2. The first kappa shape index (κ1) is 22.0. The largest absolute Gasteiger partial charge is 0.483 e. The van der Waals surface area contributed by atoms with Gasteiger partial charge in [-0.1, -0.05) is 32.0 Å². The van der Waals surface area contributed by atoms with Gasteiger partial charge in [-0.2, -0.15) is 0 Å². The standard InChI is InChI=1S/C25H32FNO4/c1-14(2)30-11-7-10-27-22(17-8-5-6-9-18(17)26)21-23(28)20-16(4)12-15(3)13-19(20)31-24(21)25(27)29/h5-6,8-9,14-16,19-20,22H,7,10-13H2,1-4H3. The summed E-state index contributed by atoms with van der Waals surface area (Å²) in [5, 5.41) is 0. The van der Waals surface area contributed by atoms with Crippen molar-refractivity contribution in [2.24, 2.45) is 17.8 Å². The molecule has 2 heterocycles. The quantitative estimate of drug-likeness (QED) is 0.628. The summed E-state index contributed by atoms with van der Waals surface area (Å²) < 4.78 is 26.7. The zero-order valence-corrected chi connectivity index (χ0v) is 18.8. The summed E-state index contributed by atoms with van der Waals surface area (Å²) in [5.41, 5.74) is 0.681. The van der Waals surface area contributed by atoms with E-state index in [2.05, 4.69) is 13.8 Å². The molecule has 3 aliphatic rings. The van der Waals surface area contributed by atoms with Crippen molar-refractivity contribution < 1.29 is 23.5 Å². The van der Waals surface area contributed by atoms with Crippen LogP contribution >= 0.6 is 0 Å². The van der Waals surface area contributed by atoms with E-state index in [1.165, 1.54) is 6.07 Å². The molecule has 0 radical (unpaired) electrons. The summed E-state index contributed by atoms with van der Waals surface area (Å²) in [7, 11) is 0. The molecule has 0 aromatic heterocycles. The predicted octanol–water partition coefficient (Wildman–Crippen LogP) is 4.43. The van der Waals surface area contributed by atoms with Crippen molar-refractivity contribution in [1.82, 2.24) is 4.90 Å². The minimum atomic E-state index is -0.747. The number of benzene rings is 1. The summed E-state index contributed by atoms with van der Waals surface area (Å²) in [4.78, 5) is 28.7. The van der Waals surface area contributed by atoms with Gasteiger partial charge in [-0.25, -0.2) is 4.39 Å². The van der Waals surface area contributed by atoms with Crippen molar-refractivity contribution >= 4 is 11.7 Å². The average Bonchev–Trinajstić information content (AvgIpc) is 2.97. The van der Waals surface area contributed by atoms with Crippen LogP contribution in [0.2, 0.25) is 0 Å². The summed E-state index contributed by atoms with van der Waals surface area (Å²) in [6, 6.07) is 5.64. The lowest BCUT2D eigenvalue weighted by Crippen LogP contribution is -2.45. The summed E-state index contributed by atoms with van der Waals surface area (Å²) >= 11 is 0. The van der Waals surface area contributed by atoms with Crippen LogP contribution in [0.25, 0.3) is 0 Å². The summed E-state index contributed by atoms with van der Waals surface area (Å²) in [6.45, 7) is 9.01. The maximum Gasteiger partial charge on any atom is 0.290 e. The summed E-state index contributed by atoms with van der Waals surface area (Å²) in [5.74, 6) is -0.322. The van der Waals surface area contributed by atoms with E-state index in [4.69, 9.17) is 9.47 Å². The first-order chi connectivity index (χ1) is 14.8. The highest BCUT2D eigenvalue weighted by Crippen LogP contribution is 2.49. The van der Waals surface area contributed by atoms with E-state index < -0.39 is 11.9 Å². The van der Waals surface area contributed by atoms with E-state index in [1.807, 2.05) is 13.8 Å². The lowest BCUT2D eigenvalue weighted by atomic mass is 9.69. The lowest BCUT2D eigenvalue weighted by Gasteiger charge is -2.41. The van der Waals surface area contributed by atoms with Gasteiger partial charge in [0.1, 0.15) is 11.9 Å². The second-order valence-corrected chi connectivity index (χ2v) is 9.54. The Morgan fingerprint density at radius 2 is 1.94 bits per heavy atom. The Bertz CT molecular complexity index is 895. The van der Waals surface area contributed by atoms with Crippen LogP contribution in [0.1, 0.15) is 58.6 Å². The number of nitrogens with zero attached hydrogens (tertiary/aromatic N) is 1. The van der Waals surface area contributed by atoms with Crippen LogP contribution in [0.15, 0.2) is 35.6 Å². The van der Waals surface area contributed by atoms with E-state index in [-0.39, 0.29) is 41.5 Å². The van der Waals surface area contributed by atoms with E-state index in [9.17, 15) is 14.0 Å². The Morgan fingerprint density at radius 1 is 1.19 bits per heavy atom. The minimum absolute atomic E-state index is 0.0480. The number of ketones is 1. The normalized spacial score (nSPS) is 30.5. The molecule has 0 spiro atoms. The molecule has 5 nitrogen and oxygen atoms in total. The Morgan fingerprint density at radius 3 is 2.65 bits per heavy atom. The molecule has 1 aromatic rings. The molecule has 2 aliphatic heterocycles. The van der Waals surface area contributed by atoms with Crippen molar-refractivity contribution in [3.63, 3.8) is 0 Å². The Balaban J connectivity index is 1.69. The number of Topliss-reactive ketones (excluding diaryl/α,β-unsaturated/α-hetero) is 1. The number of hydrogen-bond acceptors (Lipinski definition) is 4. The van der Waals surface area contributed by atoms with Crippen molar-refractivity contribution in [3.05, 3.63) is 47.0 Å². The van der Waals surface area contributed by atoms with Crippen LogP contribution < -0.4 is 0 Å². The Hall–Kier alpha value is -2.21. The average molecular weight is 430 g/mol. The third-order valence-electron chi connectivity index (χ3n) is 6.74. The monoisotopic (exact) mass is 429 g/mol. The number of ether oxygens (including phenoxy) is 2. The van der Waals surface area contributed by atoms with E-state index in [0.717, 1.165) is 12.8 Å². The fraction of sp³-hybridized carbons (Fsp3) is 0.600. The van der Waals surface area contributed by atoms with Gasteiger partial charge in [0.2, 0.25) is 0 Å². The molecule has 31 heavy (non-hydrogen) atoms. The first-order valence-electron chi connectivity index (χ1n) is 11.4.